The lowest BCUT2D eigenvalue weighted by Crippen LogP contribution is -2.51. The first-order chi connectivity index (χ1) is 9.73. The van der Waals surface area contributed by atoms with Crippen molar-refractivity contribution in [1.29, 1.82) is 0 Å². The molecule has 21 heavy (non-hydrogen) atoms. The smallest absolute Gasteiger partial charge is 0.393 e. The Hall–Kier alpha value is -0.820. The van der Waals surface area contributed by atoms with Gasteiger partial charge in [-0.3, -0.25) is 4.79 Å². The van der Waals surface area contributed by atoms with Gasteiger partial charge in [-0.05, 0) is 46.7 Å². The van der Waals surface area contributed by atoms with Crippen LogP contribution in [-0.2, 0) is 9.53 Å². The molecule has 0 bridgehead atoms. The highest BCUT2D eigenvalue weighted by molar-refractivity contribution is 5.80. The summed E-state index contributed by atoms with van der Waals surface area (Å²) >= 11 is 0. The third kappa shape index (κ3) is 5.14. The lowest BCUT2D eigenvalue weighted by molar-refractivity contribution is -0.187. The van der Waals surface area contributed by atoms with E-state index in [4.69, 9.17) is 4.74 Å². The molecule has 124 valence electrons. The van der Waals surface area contributed by atoms with Gasteiger partial charge in [-0.1, -0.05) is 0 Å². The summed E-state index contributed by atoms with van der Waals surface area (Å²) < 4.78 is 43.3. The second-order valence-corrected chi connectivity index (χ2v) is 5.73. The Morgan fingerprint density at radius 1 is 1.43 bits per heavy atom. The van der Waals surface area contributed by atoms with E-state index in [-0.39, 0.29) is 25.5 Å². The minimum atomic E-state index is -4.13. The molecule has 0 amide bonds. The summed E-state index contributed by atoms with van der Waals surface area (Å²) in [7, 11) is 1.66. The molecular weight excluding hydrogens is 285 g/mol. The summed E-state index contributed by atoms with van der Waals surface area (Å²) in [6.07, 6.45) is -2.97. The minimum absolute atomic E-state index is 0.0200. The highest BCUT2D eigenvalue weighted by Crippen LogP contribution is 2.33. The number of hydrogen-bond donors (Lipinski definition) is 1. The quantitative estimate of drug-likeness (QED) is 0.764. The molecule has 0 aliphatic carbocycles. The largest absolute Gasteiger partial charge is 0.465 e. The number of esters is 1. The Balaban J connectivity index is 2.54. The van der Waals surface area contributed by atoms with Crippen molar-refractivity contribution < 1.29 is 22.7 Å². The fourth-order valence-corrected chi connectivity index (χ4v) is 2.53. The van der Waals surface area contributed by atoms with Crippen LogP contribution in [0, 0.1) is 5.92 Å². The molecule has 2 unspecified atom stereocenters. The third-order valence-corrected chi connectivity index (χ3v) is 4.17. The van der Waals surface area contributed by atoms with E-state index < -0.39 is 17.6 Å². The average molecular weight is 310 g/mol. The van der Waals surface area contributed by atoms with E-state index in [2.05, 4.69) is 5.32 Å². The Bertz CT molecular complexity index is 350. The number of likely N-dealkylation sites (tertiary alicyclic amines) is 1. The van der Waals surface area contributed by atoms with Crippen LogP contribution in [-0.4, -0.2) is 55.9 Å². The van der Waals surface area contributed by atoms with Gasteiger partial charge in [0.1, 0.15) is 5.54 Å². The first-order valence-electron chi connectivity index (χ1n) is 7.38. The number of nitrogens with zero attached hydrogens (tertiary/aromatic N) is 1. The van der Waals surface area contributed by atoms with E-state index in [1.165, 1.54) is 0 Å². The van der Waals surface area contributed by atoms with Crippen LogP contribution in [0.5, 0.6) is 0 Å². The average Bonchev–Trinajstić information content (AvgIpc) is 2.44. The molecule has 1 fully saturated rings. The topological polar surface area (TPSA) is 41.6 Å². The molecule has 0 radical (unpaired) electrons. The van der Waals surface area contributed by atoms with E-state index in [1.807, 2.05) is 0 Å². The van der Waals surface area contributed by atoms with Crippen molar-refractivity contribution in [2.24, 2.45) is 5.92 Å². The summed E-state index contributed by atoms with van der Waals surface area (Å²) in [5.74, 6) is -1.62. The molecule has 0 aromatic heterocycles. The van der Waals surface area contributed by atoms with E-state index in [9.17, 15) is 18.0 Å². The van der Waals surface area contributed by atoms with Gasteiger partial charge >= 0.3 is 12.1 Å². The van der Waals surface area contributed by atoms with E-state index in [0.29, 0.717) is 25.9 Å². The van der Waals surface area contributed by atoms with Crippen LogP contribution in [0.15, 0.2) is 0 Å². The van der Waals surface area contributed by atoms with Gasteiger partial charge in [-0.25, -0.2) is 0 Å². The van der Waals surface area contributed by atoms with Gasteiger partial charge in [-0.2, -0.15) is 13.2 Å². The van der Waals surface area contributed by atoms with Crippen molar-refractivity contribution in [3.63, 3.8) is 0 Å². The van der Waals surface area contributed by atoms with Gasteiger partial charge in [-0.15, -0.1) is 0 Å². The fourth-order valence-electron chi connectivity index (χ4n) is 2.53. The first kappa shape index (κ1) is 18.2. The molecular formula is C14H25F3N2O2. The molecule has 1 N–H and O–H groups in total. The molecule has 1 rings (SSSR count). The molecule has 0 aromatic rings. The maximum atomic E-state index is 12.8. The number of carbonyl (C=O) groups excluding carboxylic acids is 1. The standard InChI is InChI=1S/C14H25F3N2O2/c1-4-21-12(20)13(2,18-3)7-9-19-8-5-6-11(10-19)14(15,16)17/h11,18H,4-10H2,1-3H3. The van der Waals surface area contributed by atoms with E-state index >= 15 is 0 Å². The Morgan fingerprint density at radius 2 is 2.10 bits per heavy atom. The van der Waals surface area contributed by atoms with Crippen molar-refractivity contribution in [2.45, 2.75) is 44.8 Å². The monoisotopic (exact) mass is 310 g/mol. The van der Waals surface area contributed by atoms with Gasteiger partial charge < -0.3 is 15.0 Å². The van der Waals surface area contributed by atoms with Crippen LogP contribution in [0.2, 0.25) is 0 Å². The van der Waals surface area contributed by atoms with Crippen LogP contribution in [0.25, 0.3) is 0 Å². The summed E-state index contributed by atoms with van der Waals surface area (Å²) in [6, 6.07) is 0. The minimum Gasteiger partial charge on any atom is -0.465 e. The number of ether oxygens (including phenoxy) is 1. The highest BCUT2D eigenvalue weighted by Gasteiger charge is 2.42. The van der Waals surface area contributed by atoms with Gasteiger partial charge in [0.25, 0.3) is 0 Å². The zero-order valence-electron chi connectivity index (χ0n) is 12.9. The number of rotatable bonds is 6. The fraction of sp³-hybridized carbons (Fsp3) is 0.929. The molecule has 0 spiro atoms. The molecule has 1 saturated heterocycles. The third-order valence-electron chi connectivity index (χ3n) is 4.17. The number of nitrogens with one attached hydrogen (secondary N) is 1. The Labute approximate surface area is 124 Å². The lowest BCUT2D eigenvalue weighted by Gasteiger charge is -2.36. The van der Waals surface area contributed by atoms with Crippen molar-refractivity contribution in [1.82, 2.24) is 10.2 Å². The molecule has 1 aliphatic heterocycles. The van der Waals surface area contributed by atoms with Crippen LogP contribution in [0.3, 0.4) is 0 Å². The predicted molar refractivity (Wildman–Crippen MR) is 73.9 cm³/mol. The van der Waals surface area contributed by atoms with E-state index in [1.54, 1.807) is 25.8 Å². The van der Waals surface area contributed by atoms with Gasteiger partial charge in [0.05, 0.1) is 12.5 Å². The van der Waals surface area contributed by atoms with Crippen molar-refractivity contribution in [3.8, 4) is 0 Å². The summed E-state index contributed by atoms with van der Waals surface area (Å²) in [4.78, 5) is 13.7. The maximum absolute atomic E-state index is 12.8. The number of piperidine rings is 1. The summed E-state index contributed by atoms with van der Waals surface area (Å²) in [5.41, 5.74) is -0.860. The number of likely N-dealkylation sites (N-methyl/N-ethyl adjacent to an activating group) is 1. The van der Waals surface area contributed by atoms with E-state index in [0.717, 1.165) is 0 Å². The Kier molecular flexibility index (Phi) is 6.46. The molecule has 4 nitrogen and oxygen atoms in total. The van der Waals surface area contributed by atoms with Gasteiger partial charge in [0, 0.05) is 13.1 Å². The van der Waals surface area contributed by atoms with Crippen LogP contribution in [0.4, 0.5) is 13.2 Å². The van der Waals surface area contributed by atoms with Crippen LogP contribution < -0.4 is 5.32 Å². The van der Waals surface area contributed by atoms with Gasteiger partial charge in [0.15, 0.2) is 0 Å². The molecule has 0 aromatic carbocycles. The molecule has 1 heterocycles. The van der Waals surface area contributed by atoms with Crippen LogP contribution >= 0.6 is 0 Å². The second-order valence-electron chi connectivity index (χ2n) is 5.73. The second kappa shape index (κ2) is 7.45. The zero-order chi connectivity index (χ0) is 16.1. The molecule has 1 aliphatic rings. The normalized spacial score (nSPS) is 23.6. The first-order valence-corrected chi connectivity index (χ1v) is 7.38. The zero-order valence-corrected chi connectivity index (χ0v) is 12.9. The SMILES string of the molecule is CCOC(=O)C(C)(CCN1CCCC(C(F)(F)F)C1)NC. The van der Waals surface area contributed by atoms with Crippen molar-refractivity contribution in [3.05, 3.63) is 0 Å². The number of halogens is 3. The van der Waals surface area contributed by atoms with Crippen molar-refractivity contribution in [2.75, 3.05) is 33.3 Å². The number of alkyl halides is 3. The Morgan fingerprint density at radius 3 is 2.62 bits per heavy atom. The summed E-state index contributed by atoms with van der Waals surface area (Å²) in [5, 5.41) is 2.92. The number of carbonyl (C=O) groups is 1. The molecule has 2 atom stereocenters. The molecule has 7 heteroatoms. The maximum Gasteiger partial charge on any atom is 0.393 e. The summed E-state index contributed by atoms with van der Waals surface area (Å²) in [6.45, 7) is 4.85. The highest BCUT2D eigenvalue weighted by atomic mass is 19.4. The molecule has 0 saturated carbocycles. The van der Waals surface area contributed by atoms with Crippen LogP contribution in [0.1, 0.15) is 33.1 Å². The predicted octanol–water partition coefficient (Wildman–Crippen LogP) is 2.19. The van der Waals surface area contributed by atoms with Gasteiger partial charge in [0.2, 0.25) is 0 Å². The van der Waals surface area contributed by atoms with Crippen molar-refractivity contribution >= 4 is 5.97 Å². The number of hydrogen-bond acceptors (Lipinski definition) is 4. The lowest BCUT2D eigenvalue weighted by atomic mass is 9.94.